The Bertz CT molecular complexity index is 1050. The lowest BCUT2D eigenvalue weighted by atomic mass is 10.0. The van der Waals surface area contributed by atoms with E-state index in [9.17, 15) is 9.59 Å². The number of aryl methyl sites for hydroxylation is 2. The van der Waals surface area contributed by atoms with Crippen LogP contribution in [0.15, 0.2) is 48.5 Å². The van der Waals surface area contributed by atoms with Crippen molar-refractivity contribution in [1.29, 1.82) is 0 Å². The van der Waals surface area contributed by atoms with Gasteiger partial charge in [0.1, 0.15) is 0 Å². The number of anilines is 1. The second-order valence-electron chi connectivity index (χ2n) is 10.7. The molecule has 3 unspecified atom stereocenters. The van der Waals surface area contributed by atoms with E-state index in [2.05, 4.69) is 27.7 Å². The van der Waals surface area contributed by atoms with Gasteiger partial charge < -0.3 is 19.8 Å². The standard InChI is InChI=1S/C29H38N4O4/c1-20-7-6-8-21(2)27(20)31-29(35)37-33-17-24-15-32(16-25(24)18-33)13-11-26(22-9-4-3-5-10-22)30-28(34)23-12-14-36-19-23/h3-10,23-26H,11-19H2,1-2H3,(H,30,34)(H,31,35)/t23?,24?,25?,26-/m0/s1. The van der Waals surface area contributed by atoms with Crippen molar-refractivity contribution in [3.8, 4) is 0 Å². The first-order chi connectivity index (χ1) is 18.0. The van der Waals surface area contributed by atoms with Gasteiger partial charge in [0.2, 0.25) is 5.91 Å². The SMILES string of the molecule is Cc1cccc(C)c1NC(=O)ON1CC2CN(CC[C@H](NC(=O)C3CCOC3)c3ccccc3)CC2C1. The van der Waals surface area contributed by atoms with Gasteiger partial charge in [-0.25, -0.2) is 4.79 Å². The molecule has 5 rings (SSSR count). The number of hydrogen-bond donors (Lipinski definition) is 2. The van der Waals surface area contributed by atoms with Crippen LogP contribution in [0.25, 0.3) is 0 Å². The zero-order valence-corrected chi connectivity index (χ0v) is 21.8. The number of benzene rings is 2. The van der Waals surface area contributed by atoms with Gasteiger partial charge in [0, 0.05) is 45.0 Å². The van der Waals surface area contributed by atoms with Gasteiger partial charge >= 0.3 is 6.09 Å². The topological polar surface area (TPSA) is 83.1 Å². The van der Waals surface area contributed by atoms with Gasteiger partial charge in [-0.05, 0) is 55.2 Å². The Labute approximate surface area is 219 Å². The molecule has 4 atom stereocenters. The van der Waals surface area contributed by atoms with Gasteiger partial charge in [0.15, 0.2) is 0 Å². The summed E-state index contributed by atoms with van der Waals surface area (Å²) < 4.78 is 5.41. The number of nitrogens with one attached hydrogen (secondary N) is 2. The van der Waals surface area contributed by atoms with E-state index in [1.54, 1.807) is 0 Å². The summed E-state index contributed by atoms with van der Waals surface area (Å²) in [5.74, 6) is 1.01. The number of carbonyl (C=O) groups excluding carboxylic acids is 2. The van der Waals surface area contributed by atoms with Crippen molar-refractivity contribution in [1.82, 2.24) is 15.3 Å². The monoisotopic (exact) mass is 506 g/mol. The number of nitrogens with zero attached hydrogens (tertiary/aromatic N) is 2. The van der Waals surface area contributed by atoms with Crippen molar-refractivity contribution in [3.63, 3.8) is 0 Å². The second kappa shape index (κ2) is 11.6. The minimum atomic E-state index is -0.427. The molecule has 0 radical (unpaired) electrons. The predicted molar refractivity (Wildman–Crippen MR) is 142 cm³/mol. The zero-order valence-electron chi connectivity index (χ0n) is 21.8. The van der Waals surface area contributed by atoms with Gasteiger partial charge in [0.25, 0.3) is 0 Å². The minimum Gasteiger partial charge on any atom is -0.381 e. The normalized spacial score (nSPS) is 24.5. The van der Waals surface area contributed by atoms with Gasteiger partial charge in [-0.3, -0.25) is 10.1 Å². The number of rotatable bonds is 8. The first kappa shape index (κ1) is 25.7. The Balaban J connectivity index is 1.10. The van der Waals surface area contributed by atoms with Gasteiger partial charge in [-0.2, -0.15) is 0 Å². The first-order valence-corrected chi connectivity index (χ1v) is 13.4. The number of para-hydroxylation sites is 1. The third kappa shape index (κ3) is 6.32. The van der Waals surface area contributed by atoms with Gasteiger partial charge in [0.05, 0.1) is 18.6 Å². The molecule has 8 heteroatoms. The fraction of sp³-hybridized carbons (Fsp3) is 0.517. The van der Waals surface area contributed by atoms with E-state index in [0.717, 1.165) is 67.9 Å². The number of hydroxylamine groups is 2. The Morgan fingerprint density at radius 2 is 1.70 bits per heavy atom. The first-order valence-electron chi connectivity index (χ1n) is 13.4. The Morgan fingerprint density at radius 3 is 2.35 bits per heavy atom. The number of fused-ring (bicyclic) bond motifs is 1. The molecular weight excluding hydrogens is 468 g/mol. The summed E-state index contributed by atoms with van der Waals surface area (Å²) in [6, 6.07) is 16.2. The van der Waals surface area contributed by atoms with Crippen LogP contribution >= 0.6 is 0 Å². The lowest BCUT2D eigenvalue weighted by Gasteiger charge is -2.25. The number of ether oxygens (including phenoxy) is 1. The molecule has 0 aliphatic carbocycles. The fourth-order valence-electron chi connectivity index (χ4n) is 5.91. The van der Waals surface area contributed by atoms with E-state index < -0.39 is 6.09 Å². The molecule has 2 aromatic carbocycles. The average Bonchev–Trinajstić information content (AvgIpc) is 3.62. The summed E-state index contributed by atoms with van der Waals surface area (Å²) >= 11 is 0. The van der Waals surface area contributed by atoms with Crippen molar-refractivity contribution >= 4 is 17.7 Å². The lowest BCUT2D eigenvalue weighted by Crippen LogP contribution is -2.37. The molecule has 37 heavy (non-hydrogen) atoms. The molecule has 2 N–H and O–H groups in total. The molecule has 3 fully saturated rings. The predicted octanol–water partition coefficient (Wildman–Crippen LogP) is 3.91. The second-order valence-corrected chi connectivity index (χ2v) is 10.7. The number of hydrogen-bond acceptors (Lipinski definition) is 6. The van der Waals surface area contributed by atoms with Crippen LogP contribution in [-0.2, 0) is 14.4 Å². The molecule has 2 amide bonds. The number of likely N-dealkylation sites (tertiary alicyclic amines) is 1. The maximum Gasteiger partial charge on any atom is 0.430 e. The highest BCUT2D eigenvalue weighted by Crippen LogP contribution is 2.32. The van der Waals surface area contributed by atoms with Crippen LogP contribution in [0.1, 0.15) is 35.6 Å². The van der Waals surface area contributed by atoms with E-state index in [-0.39, 0.29) is 17.9 Å². The molecular formula is C29H38N4O4. The maximum absolute atomic E-state index is 12.8. The highest BCUT2D eigenvalue weighted by atomic mass is 16.7. The van der Waals surface area contributed by atoms with Crippen LogP contribution in [0.5, 0.6) is 0 Å². The van der Waals surface area contributed by atoms with Crippen LogP contribution in [0, 0.1) is 31.6 Å². The Hall–Kier alpha value is -2.94. The molecule has 3 heterocycles. The Morgan fingerprint density at radius 1 is 1.00 bits per heavy atom. The molecule has 3 aliphatic rings. The summed E-state index contributed by atoms with van der Waals surface area (Å²) in [6.07, 6.45) is 1.23. The van der Waals surface area contributed by atoms with Crippen molar-refractivity contribution < 1.29 is 19.2 Å². The zero-order chi connectivity index (χ0) is 25.8. The third-order valence-corrected chi connectivity index (χ3v) is 8.00. The molecule has 198 valence electrons. The van der Waals surface area contributed by atoms with E-state index in [4.69, 9.17) is 9.57 Å². The summed E-state index contributed by atoms with van der Waals surface area (Å²) in [6.45, 7) is 9.53. The van der Waals surface area contributed by atoms with Crippen molar-refractivity contribution in [2.24, 2.45) is 17.8 Å². The molecule has 3 aliphatic heterocycles. The number of amides is 2. The molecule has 0 bridgehead atoms. The molecule has 0 spiro atoms. The lowest BCUT2D eigenvalue weighted by molar-refractivity contribution is -0.125. The van der Waals surface area contributed by atoms with Gasteiger partial charge in [-0.1, -0.05) is 48.5 Å². The Kier molecular flexibility index (Phi) is 8.08. The highest BCUT2D eigenvalue weighted by Gasteiger charge is 2.41. The quantitative estimate of drug-likeness (QED) is 0.565. The molecule has 0 aromatic heterocycles. The molecule has 2 aromatic rings. The van der Waals surface area contributed by atoms with Crippen LogP contribution < -0.4 is 10.6 Å². The van der Waals surface area contributed by atoms with Crippen LogP contribution in [0.4, 0.5) is 10.5 Å². The number of carbonyl (C=O) groups is 2. The minimum absolute atomic E-state index is 0.0110. The maximum atomic E-state index is 12.8. The summed E-state index contributed by atoms with van der Waals surface area (Å²) in [4.78, 5) is 33.5. The van der Waals surface area contributed by atoms with Crippen molar-refractivity contribution in [2.75, 3.05) is 51.3 Å². The van der Waals surface area contributed by atoms with Crippen molar-refractivity contribution in [2.45, 2.75) is 32.7 Å². The third-order valence-electron chi connectivity index (χ3n) is 8.00. The molecule has 3 saturated heterocycles. The van der Waals surface area contributed by atoms with E-state index in [1.165, 1.54) is 0 Å². The summed E-state index contributed by atoms with van der Waals surface area (Å²) in [5, 5.41) is 8.01. The van der Waals surface area contributed by atoms with Crippen molar-refractivity contribution in [3.05, 3.63) is 65.2 Å². The summed E-state index contributed by atoms with van der Waals surface area (Å²) in [7, 11) is 0. The van der Waals surface area contributed by atoms with E-state index in [0.29, 0.717) is 25.0 Å². The molecule has 0 saturated carbocycles. The summed E-state index contributed by atoms with van der Waals surface area (Å²) in [5.41, 5.74) is 4.00. The van der Waals surface area contributed by atoms with E-state index in [1.807, 2.05) is 55.3 Å². The van der Waals surface area contributed by atoms with Crippen LogP contribution in [0.2, 0.25) is 0 Å². The average molecular weight is 507 g/mol. The van der Waals surface area contributed by atoms with Crippen LogP contribution in [0.3, 0.4) is 0 Å². The van der Waals surface area contributed by atoms with Gasteiger partial charge in [-0.15, -0.1) is 5.06 Å². The van der Waals surface area contributed by atoms with Crippen LogP contribution in [-0.4, -0.2) is 67.9 Å². The largest absolute Gasteiger partial charge is 0.430 e. The fourth-order valence-corrected chi connectivity index (χ4v) is 5.91. The smallest absolute Gasteiger partial charge is 0.381 e. The highest BCUT2D eigenvalue weighted by molar-refractivity contribution is 5.86. The van der Waals surface area contributed by atoms with E-state index >= 15 is 0 Å². The molecule has 8 nitrogen and oxygen atoms in total.